The second-order valence-electron chi connectivity index (χ2n) is 9.69. The number of ether oxygens (including phenoxy) is 1. The van der Waals surface area contributed by atoms with E-state index in [2.05, 4.69) is 20.3 Å². The molecule has 2 saturated heterocycles. The van der Waals surface area contributed by atoms with Crippen LogP contribution in [0.15, 0.2) is 24.7 Å². The number of halogens is 3. The molecule has 2 aromatic rings. The summed E-state index contributed by atoms with van der Waals surface area (Å²) >= 11 is 0. The molecule has 0 aliphatic carbocycles. The smallest absolute Gasteiger partial charge is 0.381 e. The lowest BCUT2D eigenvalue weighted by molar-refractivity contribution is -0.137. The lowest BCUT2D eigenvalue weighted by atomic mass is 9.92. The van der Waals surface area contributed by atoms with Gasteiger partial charge >= 0.3 is 6.18 Å². The van der Waals surface area contributed by atoms with Crippen LogP contribution in [-0.2, 0) is 32.2 Å². The van der Waals surface area contributed by atoms with Crippen LogP contribution in [0.4, 0.5) is 19.0 Å². The average molecular weight is 556 g/mol. The number of sulfonamides is 1. The Balaban J connectivity index is 1.53. The van der Waals surface area contributed by atoms with Gasteiger partial charge < -0.3 is 10.1 Å². The number of carbonyl (C=O) groups excluding carboxylic acids is 1. The highest BCUT2D eigenvalue weighted by Crippen LogP contribution is 2.36. The topological polar surface area (TPSA) is 114 Å². The fourth-order valence-corrected chi connectivity index (χ4v) is 5.96. The SMILES string of the molecule is CCS(=O)(=O)N1CCC[C@H](C(=O)Cc2cc(-c3cncc(NCC4CCOCC4)n3)c(C(F)(F)F)cn2)C1. The first-order valence-corrected chi connectivity index (χ1v) is 14.4. The van der Waals surface area contributed by atoms with Crippen LogP contribution in [0.5, 0.6) is 0 Å². The average Bonchev–Trinajstić information content (AvgIpc) is 2.92. The van der Waals surface area contributed by atoms with Gasteiger partial charge in [0.25, 0.3) is 0 Å². The molecule has 0 saturated carbocycles. The summed E-state index contributed by atoms with van der Waals surface area (Å²) in [5.41, 5.74) is -1.00. The number of nitrogens with one attached hydrogen (secondary N) is 1. The zero-order chi connectivity index (χ0) is 27.3. The van der Waals surface area contributed by atoms with Gasteiger partial charge in [-0.2, -0.15) is 13.2 Å². The third-order valence-electron chi connectivity index (χ3n) is 7.04. The predicted molar refractivity (Wildman–Crippen MR) is 135 cm³/mol. The number of pyridine rings is 1. The number of ketones is 1. The maximum atomic E-state index is 13.9. The second-order valence-corrected chi connectivity index (χ2v) is 11.9. The molecule has 0 amide bonds. The molecular formula is C25H32F3N5O4S. The van der Waals surface area contributed by atoms with E-state index in [9.17, 15) is 26.4 Å². The Labute approximate surface area is 220 Å². The van der Waals surface area contributed by atoms with E-state index in [1.54, 1.807) is 6.92 Å². The Morgan fingerprint density at radius 1 is 1.18 bits per heavy atom. The molecule has 2 aliphatic heterocycles. The number of alkyl halides is 3. The van der Waals surface area contributed by atoms with Crippen molar-refractivity contribution in [2.24, 2.45) is 11.8 Å². The standard InChI is InChI=1S/C25H32F3N5O4S/c1-2-38(35,36)33-7-3-4-18(16-33)23(34)11-19-10-20(21(13-30-19)25(26,27)28)22-14-29-15-24(32-22)31-12-17-5-8-37-9-6-17/h10,13-15,17-18H,2-9,11-12,16H2,1H3,(H,31,32)/t18-/m0/s1. The Bertz CT molecular complexity index is 1240. The van der Waals surface area contributed by atoms with E-state index in [0.29, 0.717) is 50.9 Å². The molecule has 2 aliphatic rings. The molecule has 1 N–H and O–H groups in total. The van der Waals surface area contributed by atoms with Crippen molar-refractivity contribution < 1.29 is 31.1 Å². The maximum Gasteiger partial charge on any atom is 0.418 e. The lowest BCUT2D eigenvalue weighted by Crippen LogP contribution is -2.43. The summed E-state index contributed by atoms with van der Waals surface area (Å²) in [6, 6.07) is 1.23. The number of rotatable bonds is 9. The van der Waals surface area contributed by atoms with Crippen LogP contribution in [0.2, 0.25) is 0 Å². The minimum atomic E-state index is -4.68. The van der Waals surface area contributed by atoms with E-state index >= 15 is 0 Å². The lowest BCUT2D eigenvalue weighted by Gasteiger charge is -2.30. The summed E-state index contributed by atoms with van der Waals surface area (Å²) < 4.78 is 72.7. The number of aromatic nitrogens is 3. The third kappa shape index (κ3) is 7.06. The van der Waals surface area contributed by atoms with Gasteiger partial charge in [0.15, 0.2) is 0 Å². The zero-order valence-corrected chi connectivity index (χ0v) is 22.0. The molecule has 0 spiro atoms. The number of carbonyl (C=O) groups is 1. The summed E-state index contributed by atoms with van der Waals surface area (Å²) in [5.74, 6) is -0.105. The normalized spacial score (nSPS) is 19.8. The Morgan fingerprint density at radius 3 is 2.66 bits per heavy atom. The summed E-state index contributed by atoms with van der Waals surface area (Å²) in [7, 11) is -3.43. The van der Waals surface area contributed by atoms with Gasteiger partial charge in [-0.3, -0.25) is 14.8 Å². The largest absolute Gasteiger partial charge is 0.418 e. The number of hydrogen-bond acceptors (Lipinski definition) is 8. The second kappa shape index (κ2) is 12.0. The van der Waals surface area contributed by atoms with Crippen molar-refractivity contribution in [1.82, 2.24) is 19.3 Å². The fourth-order valence-electron chi connectivity index (χ4n) is 4.78. The summed E-state index contributed by atoms with van der Waals surface area (Å²) in [6.45, 7) is 3.95. The van der Waals surface area contributed by atoms with Gasteiger partial charge in [-0.25, -0.2) is 17.7 Å². The van der Waals surface area contributed by atoms with Crippen LogP contribution in [0, 0.1) is 11.8 Å². The first-order chi connectivity index (χ1) is 18.1. The van der Waals surface area contributed by atoms with Gasteiger partial charge in [-0.1, -0.05) is 0 Å². The highest BCUT2D eigenvalue weighted by Gasteiger charge is 2.36. The van der Waals surface area contributed by atoms with Gasteiger partial charge in [0.1, 0.15) is 11.6 Å². The van der Waals surface area contributed by atoms with E-state index in [-0.39, 0.29) is 41.5 Å². The molecule has 0 radical (unpaired) electrons. The molecule has 13 heteroatoms. The molecule has 208 valence electrons. The molecule has 9 nitrogen and oxygen atoms in total. The van der Waals surface area contributed by atoms with Gasteiger partial charge in [0, 0.05) is 62.6 Å². The Hall–Kier alpha value is -2.64. The minimum absolute atomic E-state index is 0.0169. The van der Waals surface area contributed by atoms with Crippen LogP contribution < -0.4 is 5.32 Å². The van der Waals surface area contributed by atoms with Gasteiger partial charge in [-0.15, -0.1) is 0 Å². The van der Waals surface area contributed by atoms with Gasteiger partial charge in [-0.05, 0) is 44.6 Å². The number of nitrogens with zero attached hydrogens (tertiary/aromatic N) is 4. The van der Waals surface area contributed by atoms with Crippen molar-refractivity contribution in [1.29, 1.82) is 0 Å². The molecule has 0 unspecified atom stereocenters. The molecule has 1 atom stereocenters. The van der Waals surface area contributed by atoms with Crippen molar-refractivity contribution in [3.8, 4) is 11.3 Å². The number of Topliss-reactive ketones (excluding diaryl/α,β-unsaturated/α-hetero) is 1. The zero-order valence-electron chi connectivity index (χ0n) is 21.2. The summed E-state index contributed by atoms with van der Waals surface area (Å²) in [5, 5.41) is 3.16. The molecule has 2 fully saturated rings. The van der Waals surface area contributed by atoms with Crippen molar-refractivity contribution in [3.05, 3.63) is 35.9 Å². The molecule has 4 rings (SSSR count). The first kappa shape index (κ1) is 28.4. The molecule has 0 aromatic carbocycles. The number of hydrogen-bond donors (Lipinski definition) is 1. The highest BCUT2D eigenvalue weighted by molar-refractivity contribution is 7.89. The van der Waals surface area contributed by atoms with Crippen LogP contribution >= 0.6 is 0 Å². The molecule has 38 heavy (non-hydrogen) atoms. The van der Waals surface area contributed by atoms with Crippen LogP contribution in [0.1, 0.15) is 43.9 Å². The molecular weight excluding hydrogens is 523 g/mol. The quantitative estimate of drug-likeness (QED) is 0.500. The minimum Gasteiger partial charge on any atom is -0.381 e. The highest BCUT2D eigenvalue weighted by atomic mass is 32.2. The third-order valence-corrected chi connectivity index (χ3v) is 8.89. The Morgan fingerprint density at radius 2 is 1.95 bits per heavy atom. The van der Waals surface area contributed by atoms with Crippen LogP contribution in [-0.4, -0.2) is 72.1 Å². The van der Waals surface area contributed by atoms with E-state index in [0.717, 1.165) is 19.0 Å². The summed E-state index contributed by atoms with van der Waals surface area (Å²) in [4.78, 5) is 25.4. The van der Waals surface area contributed by atoms with Crippen molar-refractivity contribution >= 4 is 21.6 Å². The number of anilines is 1. The molecule has 2 aromatic heterocycles. The first-order valence-electron chi connectivity index (χ1n) is 12.8. The number of piperidine rings is 1. The maximum absolute atomic E-state index is 13.9. The van der Waals surface area contributed by atoms with Crippen LogP contribution in [0.3, 0.4) is 0 Å². The van der Waals surface area contributed by atoms with Crippen molar-refractivity contribution in [2.75, 3.05) is 43.9 Å². The van der Waals surface area contributed by atoms with Crippen molar-refractivity contribution in [2.45, 2.75) is 45.2 Å². The Kier molecular flexibility index (Phi) is 8.99. The van der Waals surface area contributed by atoms with E-state index in [4.69, 9.17) is 4.74 Å². The van der Waals surface area contributed by atoms with E-state index < -0.39 is 27.7 Å². The van der Waals surface area contributed by atoms with Crippen LogP contribution in [0.25, 0.3) is 11.3 Å². The van der Waals surface area contributed by atoms with E-state index in [1.807, 2.05) is 0 Å². The monoisotopic (exact) mass is 555 g/mol. The van der Waals surface area contributed by atoms with Crippen molar-refractivity contribution in [3.63, 3.8) is 0 Å². The summed E-state index contributed by atoms with van der Waals surface area (Å²) in [6.07, 6.45) is 1.40. The van der Waals surface area contributed by atoms with Gasteiger partial charge in [0.05, 0.1) is 29.4 Å². The molecule has 4 heterocycles. The van der Waals surface area contributed by atoms with Gasteiger partial charge in [0.2, 0.25) is 10.0 Å². The van der Waals surface area contributed by atoms with E-state index in [1.165, 1.54) is 22.8 Å². The predicted octanol–water partition coefficient (Wildman–Crippen LogP) is 3.57. The fraction of sp³-hybridized carbons (Fsp3) is 0.600. The molecule has 0 bridgehead atoms.